The van der Waals surface area contributed by atoms with E-state index in [2.05, 4.69) is 53.1 Å². The maximum absolute atomic E-state index is 14.1. The molecule has 0 aliphatic heterocycles. The summed E-state index contributed by atoms with van der Waals surface area (Å²) in [5.41, 5.74) is 0.0382. The molecule has 0 amide bonds. The Kier molecular flexibility index (Phi) is 5.76. The predicted octanol–water partition coefficient (Wildman–Crippen LogP) is 6.01. The van der Waals surface area contributed by atoms with E-state index in [1.165, 1.54) is 23.5 Å². The van der Waals surface area contributed by atoms with Crippen LogP contribution in [0.4, 0.5) is 8.78 Å². The Morgan fingerprint density at radius 2 is 1.75 bits per heavy atom. The highest BCUT2D eigenvalue weighted by Gasteiger charge is 2.24. The maximum Gasteiger partial charge on any atom is 0.132 e. The summed E-state index contributed by atoms with van der Waals surface area (Å²) in [4.78, 5) is 0.839. The van der Waals surface area contributed by atoms with Gasteiger partial charge in [0.15, 0.2) is 0 Å². The molecular weight excluding hydrogens is 480 g/mol. The normalized spacial score (nSPS) is 12.7. The molecule has 0 bridgehead atoms. The van der Waals surface area contributed by atoms with Crippen LogP contribution in [-0.2, 0) is 0 Å². The summed E-state index contributed by atoms with van der Waals surface area (Å²) in [6.07, 6.45) is 0. The monoisotopic (exact) mass is 487 g/mol. The number of hydrogen-bond acceptors (Lipinski definition) is 2. The second-order valence-corrected chi connectivity index (χ2v) is 8.22. The van der Waals surface area contributed by atoms with Crippen molar-refractivity contribution in [1.29, 1.82) is 0 Å². The smallest absolute Gasteiger partial charge is 0.132 e. The van der Waals surface area contributed by atoms with Crippen LogP contribution < -0.4 is 5.32 Å². The van der Waals surface area contributed by atoms with Crippen molar-refractivity contribution in [1.82, 2.24) is 5.32 Å². The van der Waals surface area contributed by atoms with E-state index in [0.717, 1.165) is 13.1 Å². The molecular formula is C13H10Br3F2NS. The lowest BCUT2D eigenvalue weighted by atomic mass is 10.0. The third kappa shape index (κ3) is 3.50. The summed E-state index contributed by atoms with van der Waals surface area (Å²) in [5.74, 6) is -1.13. The summed E-state index contributed by atoms with van der Waals surface area (Å²) < 4.78 is 30.5. The van der Waals surface area contributed by atoms with Gasteiger partial charge in [0.25, 0.3) is 0 Å². The summed E-state index contributed by atoms with van der Waals surface area (Å²) in [5, 5.41) is 3.13. The number of hydrogen-bond donors (Lipinski definition) is 1. The minimum absolute atomic E-state index is 0.0382. The average molecular weight is 490 g/mol. The van der Waals surface area contributed by atoms with Gasteiger partial charge in [0, 0.05) is 19.4 Å². The minimum Gasteiger partial charge on any atom is -0.306 e. The van der Waals surface area contributed by atoms with Crippen molar-refractivity contribution < 1.29 is 8.78 Å². The number of halogens is 5. The molecule has 1 atom stereocenters. The molecule has 108 valence electrons. The van der Waals surface area contributed by atoms with E-state index in [-0.39, 0.29) is 5.56 Å². The standard InChI is InChI=1S/C13H10Br3F2NS/c1-2-19-12(10-5-7(15)13(16)20-10)11-8(17)3-6(14)4-9(11)18/h3-5,12,19H,2H2,1H3. The van der Waals surface area contributed by atoms with Crippen LogP contribution in [0.3, 0.4) is 0 Å². The van der Waals surface area contributed by atoms with Gasteiger partial charge in [-0.2, -0.15) is 0 Å². The summed E-state index contributed by atoms with van der Waals surface area (Å²) >= 11 is 11.3. The second-order valence-electron chi connectivity index (χ2n) is 4.04. The van der Waals surface area contributed by atoms with Crippen molar-refractivity contribution in [2.45, 2.75) is 13.0 Å². The van der Waals surface area contributed by atoms with Gasteiger partial charge in [-0.25, -0.2) is 8.78 Å². The van der Waals surface area contributed by atoms with Crippen LogP contribution in [0.15, 0.2) is 30.9 Å². The Morgan fingerprint density at radius 1 is 1.15 bits per heavy atom. The lowest BCUT2D eigenvalue weighted by molar-refractivity contribution is 0.512. The molecule has 1 aromatic heterocycles. The molecule has 0 saturated carbocycles. The van der Waals surface area contributed by atoms with Gasteiger partial charge < -0.3 is 5.32 Å². The summed E-state index contributed by atoms with van der Waals surface area (Å²) in [6.45, 7) is 2.51. The van der Waals surface area contributed by atoms with Crippen LogP contribution in [-0.4, -0.2) is 6.54 Å². The molecule has 1 aromatic carbocycles. The largest absolute Gasteiger partial charge is 0.306 e. The highest BCUT2D eigenvalue weighted by Crippen LogP contribution is 2.39. The fourth-order valence-corrected chi connectivity index (χ4v) is 4.46. The SMILES string of the molecule is CCNC(c1cc(Br)c(Br)s1)c1c(F)cc(Br)cc1F. The molecule has 2 aromatic rings. The van der Waals surface area contributed by atoms with Crippen LogP contribution in [0, 0.1) is 11.6 Å². The summed E-state index contributed by atoms with van der Waals surface area (Å²) in [6, 6.07) is 3.91. The molecule has 1 unspecified atom stereocenters. The lowest BCUT2D eigenvalue weighted by Gasteiger charge is -2.18. The molecule has 0 aliphatic rings. The molecule has 0 radical (unpaired) electrons. The molecule has 1 heterocycles. The van der Waals surface area contributed by atoms with Gasteiger partial charge in [-0.05, 0) is 56.6 Å². The quantitative estimate of drug-likeness (QED) is 0.554. The minimum atomic E-state index is -0.566. The molecule has 20 heavy (non-hydrogen) atoms. The van der Waals surface area contributed by atoms with Gasteiger partial charge >= 0.3 is 0 Å². The first-order valence-corrected chi connectivity index (χ1v) is 8.96. The fourth-order valence-electron chi connectivity index (χ4n) is 1.88. The van der Waals surface area contributed by atoms with E-state index >= 15 is 0 Å². The van der Waals surface area contributed by atoms with E-state index in [4.69, 9.17) is 0 Å². The predicted molar refractivity (Wildman–Crippen MR) is 89.3 cm³/mol. The van der Waals surface area contributed by atoms with Crippen LogP contribution in [0.25, 0.3) is 0 Å². The molecule has 0 saturated heterocycles. The van der Waals surface area contributed by atoms with E-state index < -0.39 is 17.7 Å². The van der Waals surface area contributed by atoms with Crippen LogP contribution in [0.2, 0.25) is 0 Å². The zero-order chi connectivity index (χ0) is 14.9. The Labute approximate surface area is 145 Å². The Balaban J connectivity index is 2.54. The Bertz CT molecular complexity index is 588. The van der Waals surface area contributed by atoms with Crippen LogP contribution in [0.5, 0.6) is 0 Å². The Hall–Kier alpha value is 0.180. The topological polar surface area (TPSA) is 12.0 Å². The first-order chi connectivity index (χ1) is 9.43. The van der Waals surface area contributed by atoms with Crippen molar-refractivity contribution in [2.75, 3.05) is 6.54 Å². The molecule has 0 spiro atoms. The Morgan fingerprint density at radius 3 is 2.20 bits per heavy atom. The van der Waals surface area contributed by atoms with Crippen LogP contribution in [0.1, 0.15) is 23.4 Å². The number of nitrogens with one attached hydrogen (secondary N) is 1. The van der Waals surface area contributed by atoms with E-state index in [1.54, 1.807) is 0 Å². The van der Waals surface area contributed by atoms with Gasteiger partial charge in [-0.1, -0.05) is 22.9 Å². The molecule has 0 aliphatic carbocycles. The van der Waals surface area contributed by atoms with Crippen LogP contribution >= 0.6 is 59.1 Å². The average Bonchev–Trinajstić information content (AvgIpc) is 2.67. The van der Waals surface area contributed by atoms with Gasteiger partial charge in [0.05, 0.1) is 9.83 Å². The van der Waals surface area contributed by atoms with Gasteiger partial charge in [-0.15, -0.1) is 11.3 Å². The third-order valence-corrected chi connectivity index (χ3v) is 6.47. The molecule has 2 rings (SSSR count). The van der Waals surface area contributed by atoms with Gasteiger partial charge in [-0.3, -0.25) is 0 Å². The van der Waals surface area contributed by atoms with Gasteiger partial charge in [0.2, 0.25) is 0 Å². The third-order valence-electron chi connectivity index (χ3n) is 2.69. The number of rotatable bonds is 4. The molecule has 7 heteroatoms. The van der Waals surface area contributed by atoms with Crippen molar-refractivity contribution >= 4 is 59.1 Å². The molecule has 0 fully saturated rings. The van der Waals surface area contributed by atoms with E-state index in [0.29, 0.717) is 11.0 Å². The zero-order valence-corrected chi connectivity index (χ0v) is 15.9. The highest BCUT2D eigenvalue weighted by atomic mass is 79.9. The van der Waals surface area contributed by atoms with Crippen molar-refractivity contribution in [3.05, 3.63) is 53.0 Å². The number of thiophene rings is 1. The van der Waals surface area contributed by atoms with Crippen molar-refractivity contribution in [3.63, 3.8) is 0 Å². The second kappa shape index (κ2) is 6.96. The van der Waals surface area contributed by atoms with E-state index in [1.807, 2.05) is 13.0 Å². The summed E-state index contributed by atoms with van der Waals surface area (Å²) in [7, 11) is 0. The number of benzene rings is 1. The molecule has 1 nitrogen and oxygen atoms in total. The fraction of sp³-hybridized carbons (Fsp3) is 0.231. The van der Waals surface area contributed by atoms with E-state index in [9.17, 15) is 8.78 Å². The zero-order valence-electron chi connectivity index (χ0n) is 10.3. The van der Waals surface area contributed by atoms with Gasteiger partial charge in [0.1, 0.15) is 11.6 Å². The lowest BCUT2D eigenvalue weighted by Crippen LogP contribution is -2.23. The first kappa shape index (κ1) is 16.5. The van der Waals surface area contributed by atoms with Crippen molar-refractivity contribution in [3.8, 4) is 0 Å². The van der Waals surface area contributed by atoms with Crippen molar-refractivity contribution in [2.24, 2.45) is 0 Å². The maximum atomic E-state index is 14.1. The highest BCUT2D eigenvalue weighted by molar-refractivity contribution is 9.13. The first-order valence-electron chi connectivity index (χ1n) is 5.76. The molecule has 1 N–H and O–H groups in total.